The molecule has 1 atom stereocenters. The number of halogens is 1. The number of nitrogens with zero attached hydrogens (tertiary/aromatic N) is 1. The van der Waals surface area contributed by atoms with Crippen LogP contribution in [0.25, 0.3) is 11.1 Å². The molecule has 150 valence electrons. The second kappa shape index (κ2) is 8.68. The Morgan fingerprint density at radius 2 is 1.52 bits per heavy atom. The Morgan fingerprint density at radius 1 is 0.931 bits per heavy atom. The molecule has 0 spiro atoms. The van der Waals surface area contributed by atoms with Crippen LogP contribution in [0.15, 0.2) is 78.9 Å². The zero-order valence-electron chi connectivity index (χ0n) is 16.0. The number of amides is 1. The summed E-state index contributed by atoms with van der Waals surface area (Å²) < 4.78 is 25.9. The Balaban J connectivity index is 1.91. The lowest BCUT2D eigenvalue weighted by atomic mass is 10.0. The van der Waals surface area contributed by atoms with Crippen LogP contribution in [0.1, 0.15) is 6.92 Å². The van der Waals surface area contributed by atoms with Gasteiger partial charge in [0.15, 0.2) is 0 Å². The lowest BCUT2D eigenvalue weighted by Gasteiger charge is -2.28. The average Bonchev–Trinajstić information content (AvgIpc) is 2.69. The molecule has 0 aliphatic heterocycles. The van der Waals surface area contributed by atoms with Gasteiger partial charge in [0.25, 0.3) is 0 Å². The van der Waals surface area contributed by atoms with E-state index in [4.69, 9.17) is 11.6 Å². The normalized spacial score (nSPS) is 12.2. The van der Waals surface area contributed by atoms with Gasteiger partial charge in [0.05, 0.1) is 11.9 Å². The van der Waals surface area contributed by atoms with E-state index in [1.165, 1.54) is 0 Å². The molecule has 0 bridgehead atoms. The van der Waals surface area contributed by atoms with Crippen molar-refractivity contribution in [1.82, 2.24) is 0 Å². The molecule has 7 heteroatoms. The summed E-state index contributed by atoms with van der Waals surface area (Å²) in [6.07, 6.45) is 1.07. The topological polar surface area (TPSA) is 66.5 Å². The molecule has 3 rings (SSSR count). The Hall–Kier alpha value is -2.83. The zero-order chi connectivity index (χ0) is 21.0. The number of carbonyl (C=O) groups excluding carboxylic acids is 1. The highest BCUT2D eigenvalue weighted by Gasteiger charge is 2.29. The summed E-state index contributed by atoms with van der Waals surface area (Å²) in [5.74, 6) is -0.436. The summed E-state index contributed by atoms with van der Waals surface area (Å²) in [6, 6.07) is 22.4. The highest BCUT2D eigenvalue weighted by molar-refractivity contribution is 7.92. The van der Waals surface area contributed by atoms with Crippen molar-refractivity contribution in [2.45, 2.75) is 13.0 Å². The van der Waals surface area contributed by atoms with Gasteiger partial charge in [0.1, 0.15) is 6.04 Å². The molecule has 1 N–H and O–H groups in total. The maximum absolute atomic E-state index is 13.0. The fraction of sp³-hybridized carbons (Fsp3) is 0.136. The third kappa shape index (κ3) is 4.96. The SMILES string of the molecule is C[C@H](C(=O)Nc1ccccc1-c1ccccc1)N(c1ccc(Cl)cc1)S(C)(=O)=O. The lowest BCUT2D eigenvalue weighted by molar-refractivity contribution is -0.116. The molecule has 0 aliphatic carbocycles. The first-order valence-corrected chi connectivity index (χ1v) is 11.2. The van der Waals surface area contributed by atoms with Gasteiger partial charge in [0.2, 0.25) is 15.9 Å². The summed E-state index contributed by atoms with van der Waals surface area (Å²) in [5.41, 5.74) is 2.79. The van der Waals surface area contributed by atoms with Crippen LogP contribution in [0.5, 0.6) is 0 Å². The Bertz CT molecular complexity index is 1100. The van der Waals surface area contributed by atoms with Crippen molar-refractivity contribution in [3.05, 3.63) is 83.9 Å². The third-order valence-electron chi connectivity index (χ3n) is 4.44. The Kier molecular flexibility index (Phi) is 6.25. The predicted molar refractivity (Wildman–Crippen MR) is 119 cm³/mol. The van der Waals surface area contributed by atoms with Crippen molar-refractivity contribution in [1.29, 1.82) is 0 Å². The van der Waals surface area contributed by atoms with Crippen molar-refractivity contribution < 1.29 is 13.2 Å². The first-order valence-electron chi connectivity index (χ1n) is 8.97. The monoisotopic (exact) mass is 428 g/mol. The van der Waals surface area contributed by atoms with Crippen LogP contribution in [0.4, 0.5) is 11.4 Å². The first-order chi connectivity index (χ1) is 13.8. The number of hydrogen-bond donors (Lipinski definition) is 1. The fourth-order valence-corrected chi connectivity index (χ4v) is 4.40. The van der Waals surface area contributed by atoms with E-state index < -0.39 is 22.0 Å². The van der Waals surface area contributed by atoms with Crippen molar-refractivity contribution in [2.75, 3.05) is 15.9 Å². The van der Waals surface area contributed by atoms with Crippen molar-refractivity contribution in [2.24, 2.45) is 0 Å². The number of sulfonamides is 1. The van der Waals surface area contributed by atoms with Gasteiger partial charge in [-0.15, -0.1) is 0 Å². The minimum atomic E-state index is -3.70. The van der Waals surface area contributed by atoms with E-state index in [-0.39, 0.29) is 0 Å². The van der Waals surface area contributed by atoms with Crippen LogP contribution in [0, 0.1) is 0 Å². The molecule has 0 heterocycles. The van der Waals surface area contributed by atoms with Gasteiger partial charge in [0, 0.05) is 16.3 Å². The summed E-state index contributed by atoms with van der Waals surface area (Å²) in [7, 11) is -3.70. The van der Waals surface area contributed by atoms with Crippen LogP contribution in [-0.4, -0.2) is 26.6 Å². The second-order valence-electron chi connectivity index (χ2n) is 6.61. The molecule has 0 radical (unpaired) electrons. The third-order valence-corrected chi connectivity index (χ3v) is 5.93. The van der Waals surface area contributed by atoms with Gasteiger partial charge in [-0.3, -0.25) is 9.10 Å². The van der Waals surface area contributed by atoms with Gasteiger partial charge >= 0.3 is 0 Å². The Morgan fingerprint density at radius 3 is 2.14 bits per heavy atom. The summed E-state index contributed by atoms with van der Waals surface area (Å²) >= 11 is 5.91. The summed E-state index contributed by atoms with van der Waals surface area (Å²) in [4.78, 5) is 13.0. The predicted octanol–water partition coefficient (Wildman–Crippen LogP) is 4.80. The standard InChI is InChI=1S/C22H21ClN2O3S/c1-16(25(29(2,27)28)19-14-12-18(23)13-15-19)22(26)24-21-11-7-6-10-20(21)17-8-4-3-5-9-17/h3-16H,1-2H3,(H,24,26)/t16-/m1/s1. The molecule has 3 aromatic carbocycles. The lowest BCUT2D eigenvalue weighted by Crippen LogP contribution is -2.45. The van der Waals surface area contributed by atoms with Crippen molar-refractivity contribution >= 4 is 38.9 Å². The van der Waals surface area contributed by atoms with Crippen LogP contribution in [0.3, 0.4) is 0 Å². The molecular weight excluding hydrogens is 408 g/mol. The fourth-order valence-electron chi connectivity index (χ4n) is 3.10. The van der Waals surface area contributed by atoms with Gasteiger partial charge < -0.3 is 5.32 Å². The number of rotatable bonds is 6. The van der Waals surface area contributed by atoms with Gasteiger partial charge in [-0.25, -0.2) is 8.42 Å². The maximum atomic E-state index is 13.0. The molecule has 5 nitrogen and oxygen atoms in total. The van der Waals surface area contributed by atoms with Crippen LogP contribution >= 0.6 is 11.6 Å². The second-order valence-corrected chi connectivity index (χ2v) is 8.91. The van der Waals surface area contributed by atoms with Crippen LogP contribution in [0.2, 0.25) is 5.02 Å². The van der Waals surface area contributed by atoms with Gasteiger partial charge in [-0.1, -0.05) is 60.1 Å². The highest BCUT2D eigenvalue weighted by Crippen LogP contribution is 2.29. The minimum Gasteiger partial charge on any atom is -0.324 e. The molecule has 1 amide bonds. The number of anilines is 2. The molecule has 29 heavy (non-hydrogen) atoms. The molecule has 0 saturated carbocycles. The van der Waals surface area contributed by atoms with Crippen molar-refractivity contribution in [3.63, 3.8) is 0 Å². The van der Waals surface area contributed by atoms with E-state index in [9.17, 15) is 13.2 Å². The van der Waals surface area contributed by atoms with Crippen LogP contribution < -0.4 is 9.62 Å². The quantitative estimate of drug-likeness (QED) is 0.613. The summed E-state index contributed by atoms with van der Waals surface area (Å²) in [5, 5.41) is 3.35. The number of benzene rings is 3. The zero-order valence-corrected chi connectivity index (χ0v) is 17.6. The number of hydrogen-bond acceptors (Lipinski definition) is 3. The van der Waals surface area contributed by atoms with E-state index in [1.807, 2.05) is 48.5 Å². The number of nitrogens with one attached hydrogen (secondary N) is 1. The van der Waals surface area contributed by atoms with Crippen LogP contribution in [-0.2, 0) is 14.8 Å². The minimum absolute atomic E-state index is 0.371. The van der Waals surface area contributed by atoms with E-state index in [2.05, 4.69) is 5.32 Å². The first kappa shape index (κ1) is 20.9. The number of para-hydroxylation sites is 1. The number of carbonyl (C=O) groups is 1. The molecule has 0 aliphatic rings. The molecule has 0 fully saturated rings. The summed E-state index contributed by atoms with van der Waals surface area (Å²) in [6.45, 7) is 1.55. The van der Waals surface area contributed by atoms with E-state index >= 15 is 0 Å². The average molecular weight is 429 g/mol. The molecule has 3 aromatic rings. The van der Waals surface area contributed by atoms with Crippen molar-refractivity contribution in [3.8, 4) is 11.1 Å². The van der Waals surface area contributed by atoms with Gasteiger partial charge in [-0.2, -0.15) is 0 Å². The molecule has 0 saturated heterocycles. The highest BCUT2D eigenvalue weighted by atomic mass is 35.5. The maximum Gasteiger partial charge on any atom is 0.248 e. The van der Waals surface area contributed by atoms with E-state index in [0.717, 1.165) is 21.7 Å². The van der Waals surface area contributed by atoms with Gasteiger partial charge in [-0.05, 0) is 42.8 Å². The molecular formula is C22H21ClN2O3S. The smallest absolute Gasteiger partial charge is 0.248 e. The van der Waals surface area contributed by atoms with E-state index in [1.54, 1.807) is 37.3 Å². The van der Waals surface area contributed by atoms with E-state index in [0.29, 0.717) is 16.4 Å². The Labute approximate surface area is 176 Å². The molecule has 0 aromatic heterocycles. The molecule has 0 unspecified atom stereocenters. The largest absolute Gasteiger partial charge is 0.324 e.